The lowest BCUT2D eigenvalue weighted by molar-refractivity contribution is -0.119. The number of aromatic nitrogens is 4. The summed E-state index contributed by atoms with van der Waals surface area (Å²) in [7, 11) is 0. The van der Waals surface area contributed by atoms with Crippen LogP contribution in [0.3, 0.4) is 0 Å². The maximum absolute atomic E-state index is 11.7. The number of phenols is 2. The highest BCUT2D eigenvalue weighted by molar-refractivity contribution is 6.33. The number of carbonyl (C=O) groups is 2. The van der Waals surface area contributed by atoms with Crippen LogP contribution >= 0.6 is 69.6 Å². The van der Waals surface area contributed by atoms with Gasteiger partial charge in [-0.15, -0.1) is 0 Å². The predicted octanol–water partition coefficient (Wildman–Crippen LogP) is 30.9. The highest BCUT2D eigenvalue weighted by atomic mass is 35.5. The maximum atomic E-state index is 11.7. The molecule has 0 radical (unpaired) electrons. The minimum Gasteiger partial charge on any atom is -0.508 e. The van der Waals surface area contributed by atoms with E-state index in [4.69, 9.17) is 98.5 Å². The molecular formula is C117H90Cl6N10O8. The van der Waals surface area contributed by atoms with Crippen molar-refractivity contribution in [3.63, 3.8) is 0 Å². The Balaban J connectivity index is 0.000000117. The summed E-state index contributed by atoms with van der Waals surface area (Å²) in [6.45, 7) is 13.0. The van der Waals surface area contributed by atoms with Gasteiger partial charge in [0, 0.05) is 95.3 Å². The van der Waals surface area contributed by atoms with Crippen LogP contribution in [0.2, 0.25) is 30.1 Å². The van der Waals surface area contributed by atoms with Gasteiger partial charge >= 0.3 is 0 Å². The van der Waals surface area contributed by atoms with Gasteiger partial charge in [-0.05, 0) is 214 Å². The molecule has 141 heavy (non-hydrogen) atoms. The van der Waals surface area contributed by atoms with E-state index in [9.17, 15) is 19.8 Å². The average molecular weight is 1980 g/mol. The molecule has 0 spiro atoms. The number of carbonyl (C=O) groups excluding carboxylic acids is 2. The van der Waals surface area contributed by atoms with Crippen molar-refractivity contribution < 1.29 is 38.7 Å². The summed E-state index contributed by atoms with van der Waals surface area (Å²) in [5.74, 6) is 3.33. The van der Waals surface area contributed by atoms with Crippen LogP contribution in [0.1, 0.15) is 59.7 Å². The third kappa shape index (κ3) is 24.9. The Bertz CT molecular complexity index is 7650. The number of phenolic OH excluding ortho intramolecular Hbond substituents is 2. The normalized spacial score (nSPS) is 12.3. The minimum absolute atomic E-state index is 0.000116. The summed E-state index contributed by atoms with van der Waals surface area (Å²) in [5.41, 5.74) is 31.2. The Morgan fingerprint density at radius 1 is 0.305 bits per heavy atom. The SMILES string of the molecule is CC(=O)Nc1ccc(-c2cnc3cc(Cl)ccc3n2)cc1.CC(C)C(=O)Nc1ccc(-c2cnc3cc(Cl)ccc3n2)cc1.Cc1ccc(-c2ccc(C3=Nc4ccc(Cl)cc4OC3)cc2)cc1.Cc1ccc(-c2ccc(C3=Nc4ccc(Cl)cc4OC3)cc2)cc1O.Cc1ccccc1-c1ccc(C2=Nc3ccc(Cl)cc3OC2)cc1.Oc1ccccc1-c1ccc(C2=Nc3ccc(Cl)cc3OC2)cc1. The second-order valence-electron chi connectivity index (χ2n) is 33.6. The van der Waals surface area contributed by atoms with E-state index in [0.29, 0.717) is 73.8 Å². The molecule has 698 valence electrons. The molecular weight excluding hydrogens is 1890 g/mol. The number of ether oxygens (including phenoxy) is 4. The van der Waals surface area contributed by atoms with E-state index in [0.717, 1.165) is 163 Å². The first-order valence-electron chi connectivity index (χ1n) is 45.1. The van der Waals surface area contributed by atoms with Crippen LogP contribution in [0, 0.1) is 26.7 Å². The number of aliphatic imine (C=N–C) groups is 4. The lowest BCUT2D eigenvalue weighted by Gasteiger charge is -2.17. The maximum Gasteiger partial charge on any atom is 0.226 e. The van der Waals surface area contributed by atoms with E-state index >= 15 is 0 Å². The van der Waals surface area contributed by atoms with Gasteiger partial charge < -0.3 is 39.8 Å². The number of halogens is 6. The summed E-state index contributed by atoms with van der Waals surface area (Å²) in [6, 6.07) is 111. The van der Waals surface area contributed by atoms with E-state index in [1.54, 1.807) is 79.1 Å². The smallest absolute Gasteiger partial charge is 0.226 e. The number of benzene rings is 16. The summed E-state index contributed by atoms with van der Waals surface area (Å²) >= 11 is 35.8. The second-order valence-corrected chi connectivity index (χ2v) is 36.2. The number of hydrogen-bond acceptors (Lipinski definition) is 16. The summed E-state index contributed by atoms with van der Waals surface area (Å²) in [6.07, 6.45) is 3.44. The number of para-hydroxylation sites is 1. The fourth-order valence-electron chi connectivity index (χ4n) is 15.4. The first kappa shape index (κ1) is 97.0. The quantitative estimate of drug-likeness (QED) is 0.0843. The third-order valence-electron chi connectivity index (χ3n) is 23.1. The molecule has 4 aliphatic rings. The van der Waals surface area contributed by atoms with E-state index in [1.807, 2.05) is 203 Å². The largest absolute Gasteiger partial charge is 0.508 e. The van der Waals surface area contributed by atoms with Gasteiger partial charge in [0.05, 0.1) is 68.7 Å². The van der Waals surface area contributed by atoms with Crippen molar-refractivity contribution >= 4 is 160 Å². The van der Waals surface area contributed by atoms with Gasteiger partial charge in [-0.3, -0.25) is 19.6 Å². The lowest BCUT2D eigenvalue weighted by Crippen LogP contribution is -2.17. The van der Waals surface area contributed by atoms with E-state index in [1.165, 1.54) is 40.3 Å². The molecule has 0 saturated heterocycles. The van der Waals surface area contributed by atoms with Crippen LogP contribution in [-0.4, -0.2) is 91.2 Å². The van der Waals surface area contributed by atoms with Crippen molar-refractivity contribution in [1.29, 1.82) is 0 Å². The van der Waals surface area contributed by atoms with Crippen molar-refractivity contribution in [2.75, 3.05) is 37.1 Å². The highest BCUT2D eigenvalue weighted by Gasteiger charge is 2.22. The second kappa shape index (κ2) is 44.9. The number of fused-ring (bicyclic) bond motifs is 6. The first-order chi connectivity index (χ1) is 68.3. The number of nitrogens with one attached hydrogen (secondary N) is 2. The van der Waals surface area contributed by atoms with E-state index in [-0.39, 0.29) is 23.5 Å². The van der Waals surface area contributed by atoms with Crippen LogP contribution in [0.25, 0.3) is 89.1 Å². The summed E-state index contributed by atoms with van der Waals surface area (Å²) < 4.78 is 23.1. The van der Waals surface area contributed by atoms with Crippen LogP contribution in [-0.2, 0) is 9.59 Å². The van der Waals surface area contributed by atoms with Gasteiger partial charge in [-0.1, -0.05) is 289 Å². The molecule has 2 amide bonds. The molecule has 0 aliphatic carbocycles. The molecule has 22 rings (SSSR count). The average Bonchev–Trinajstić information content (AvgIpc) is 0.820. The molecule has 6 heterocycles. The molecule has 18 aromatic rings. The number of anilines is 2. The van der Waals surface area contributed by atoms with Gasteiger partial charge in [-0.2, -0.15) is 0 Å². The minimum atomic E-state index is -0.0925. The van der Waals surface area contributed by atoms with Crippen molar-refractivity contribution in [3.05, 3.63) is 427 Å². The Hall–Kier alpha value is -15.6. The molecule has 0 atom stereocenters. The van der Waals surface area contributed by atoms with Crippen LogP contribution in [0.4, 0.5) is 34.1 Å². The Kier molecular flexibility index (Phi) is 30.9. The standard InChI is InChI=1S/C21H16ClNO2.2C21H16ClNO.C20H14ClNO2.C18H16ClN3O.C16H12ClN3O/c1-13-2-3-16(10-20(13)24)14-4-6-15(7-5-14)19-12-25-21-11-17(22)8-9-18(21)23-19;1-14-2-4-15(5-3-14)16-6-8-17(9-7-16)20-13-24-21-12-18(22)10-11-19(21)23-20;1-14-4-2-3-5-18(14)15-6-8-16(9-7-15)20-13-24-21-12-17(22)10-11-19(21)23-20;21-15-9-10-17-20(11-15)24-12-18(22-17)14-7-5-13(6-8-14)16-3-1-2-4-19(16)23;1-11(2)18(23)21-14-6-3-12(4-7-14)17-10-20-16-9-13(19)5-8-15(16)22-17;1-10(21)19-13-5-2-11(3-6-13)16-9-18-15-8-12(17)4-7-14(15)20-16/h2-11,24H,12H2,1H3;2*2-12H,13H2,1H3;1-11,23H,12H2;3-11H,1-2H3,(H,21,23);2-9H,1H3,(H,19,21). The first-order valence-corrected chi connectivity index (χ1v) is 47.4. The van der Waals surface area contributed by atoms with Crippen molar-refractivity contribution in [3.8, 4) is 102 Å². The van der Waals surface area contributed by atoms with Crippen LogP contribution < -0.4 is 29.6 Å². The summed E-state index contributed by atoms with van der Waals surface area (Å²) in [5, 5.41) is 29.3. The molecule has 0 saturated carbocycles. The molecule has 0 fully saturated rings. The number of rotatable bonds is 13. The zero-order valence-electron chi connectivity index (χ0n) is 77.2. The fraction of sp³-hybridized carbons (Fsp3) is 0.0940. The van der Waals surface area contributed by atoms with Gasteiger partial charge in [0.25, 0.3) is 0 Å². The van der Waals surface area contributed by atoms with Crippen molar-refractivity contribution in [1.82, 2.24) is 19.9 Å². The van der Waals surface area contributed by atoms with Crippen LogP contribution in [0.15, 0.2) is 378 Å². The highest BCUT2D eigenvalue weighted by Crippen LogP contribution is 2.41. The molecule has 2 aromatic heterocycles. The molecule has 0 unspecified atom stereocenters. The van der Waals surface area contributed by atoms with Gasteiger partial charge in [0.2, 0.25) is 11.8 Å². The monoisotopic (exact) mass is 1970 g/mol. The molecule has 18 nitrogen and oxygen atoms in total. The Labute approximate surface area is 846 Å². The van der Waals surface area contributed by atoms with Gasteiger partial charge in [0.15, 0.2) is 0 Å². The third-order valence-corrected chi connectivity index (χ3v) is 24.5. The number of aryl methyl sites for hydroxylation is 3. The van der Waals surface area contributed by atoms with Crippen molar-refractivity contribution in [2.24, 2.45) is 25.9 Å². The number of aromatic hydroxyl groups is 2. The van der Waals surface area contributed by atoms with Crippen LogP contribution in [0.5, 0.6) is 34.5 Å². The number of amides is 2. The Morgan fingerprint density at radius 2 is 0.624 bits per heavy atom. The fourth-order valence-corrected chi connectivity index (χ4v) is 16.4. The van der Waals surface area contributed by atoms with Gasteiger partial charge in [0.1, 0.15) is 83.7 Å². The van der Waals surface area contributed by atoms with Gasteiger partial charge in [-0.25, -0.2) is 29.9 Å². The number of hydrogen-bond donors (Lipinski definition) is 4. The van der Waals surface area contributed by atoms with E-state index in [2.05, 4.69) is 151 Å². The molecule has 16 aromatic carbocycles. The summed E-state index contributed by atoms with van der Waals surface area (Å²) in [4.78, 5) is 59.4. The molecule has 24 heteroatoms. The number of nitrogens with zero attached hydrogens (tertiary/aromatic N) is 8. The zero-order chi connectivity index (χ0) is 98.2. The molecule has 0 bridgehead atoms. The molecule has 4 aliphatic heterocycles. The zero-order valence-corrected chi connectivity index (χ0v) is 81.7. The Morgan fingerprint density at radius 3 is 1.00 bits per heavy atom. The molecule has 4 N–H and O–H groups in total. The van der Waals surface area contributed by atoms with Crippen molar-refractivity contribution in [2.45, 2.75) is 41.5 Å². The topological polar surface area (TPSA) is 237 Å². The van der Waals surface area contributed by atoms with E-state index < -0.39 is 0 Å². The predicted molar refractivity (Wildman–Crippen MR) is 575 cm³/mol. The lowest BCUT2D eigenvalue weighted by atomic mass is 9.98.